The van der Waals surface area contributed by atoms with Crippen LogP contribution in [-0.4, -0.2) is 56.9 Å². The van der Waals surface area contributed by atoms with Gasteiger partial charge in [0.25, 0.3) is 17.0 Å². The zero-order valence-corrected chi connectivity index (χ0v) is 32.2. The Morgan fingerprint density at radius 1 is 0.650 bits per heavy atom. The van der Waals surface area contributed by atoms with E-state index in [0.29, 0.717) is 45.4 Å². The number of aromatic nitrogens is 8. The second kappa shape index (κ2) is 17.0. The number of benzene rings is 4. The van der Waals surface area contributed by atoms with Gasteiger partial charge >= 0.3 is 5.97 Å². The molecule has 2 aliphatic rings. The lowest BCUT2D eigenvalue weighted by Crippen LogP contribution is -2.16. The summed E-state index contributed by atoms with van der Waals surface area (Å²) < 4.78 is 3.06. The first kappa shape index (κ1) is 40.5. The second-order valence-corrected chi connectivity index (χ2v) is 14.6. The highest BCUT2D eigenvalue weighted by Gasteiger charge is 2.29. The first-order valence-electron chi connectivity index (χ1n) is 19.1. The molecule has 0 bridgehead atoms. The summed E-state index contributed by atoms with van der Waals surface area (Å²) in [6.45, 7) is 0. The van der Waals surface area contributed by atoms with Gasteiger partial charge in [0.1, 0.15) is 11.4 Å². The van der Waals surface area contributed by atoms with Crippen molar-refractivity contribution in [3.05, 3.63) is 153 Å². The molecule has 4 aromatic heterocycles. The van der Waals surface area contributed by atoms with Crippen LogP contribution in [0.25, 0.3) is 44.1 Å². The van der Waals surface area contributed by atoms with Crippen molar-refractivity contribution in [1.82, 2.24) is 40.0 Å². The van der Waals surface area contributed by atoms with Crippen LogP contribution in [0.1, 0.15) is 77.3 Å². The molecular formula is C45H44N10O5. The summed E-state index contributed by atoms with van der Waals surface area (Å²) in [5.74, 6) is -0.0739. The molecule has 15 nitrogen and oxygen atoms in total. The zero-order valence-electron chi connectivity index (χ0n) is 32.2. The highest BCUT2D eigenvalue weighted by atomic mass is 16.4. The molecule has 0 atom stereocenters. The SMILES string of the molecule is C.Cn1nc(C2CC2)cc1C(=O)Nc1ccc(-c2n[nH]c(=O)c3ccccc23)cc1.Cn1nc(C2CC2)cc1C(=O)O.Nc1ccc(-c2n[nH]c(=O)c3ccccc23)cc1. The monoisotopic (exact) mass is 804 g/mol. The lowest BCUT2D eigenvalue weighted by atomic mass is 10.0. The summed E-state index contributed by atoms with van der Waals surface area (Å²) >= 11 is 0. The summed E-state index contributed by atoms with van der Waals surface area (Å²) in [4.78, 5) is 46.9. The Labute approximate surface area is 343 Å². The standard InChI is InChI=1S/C22H19N5O2.C14H11N3O.C8H10N2O2.CH4/c1-27-19(12-18(26-27)13-6-7-13)22(29)23-15-10-8-14(9-11-15)20-16-4-2-3-5-17(16)21(28)25-24-20;15-10-7-5-9(6-8-10)13-11-3-1-2-4-12(11)14(18)17-16-13;1-10-7(8(11)12)4-6(9-10)5-2-3-5;/h2-5,8-13H,6-7H2,1H3,(H,23,29)(H,25,28);1-8H,15H2,(H,17,18);4-5H,2-3H2,1H3,(H,11,12);1H4. The number of amides is 1. The Kier molecular flexibility index (Phi) is 11.5. The number of nitrogens with two attached hydrogens (primary N) is 1. The van der Waals surface area contributed by atoms with Crippen LogP contribution in [0.4, 0.5) is 11.4 Å². The fourth-order valence-electron chi connectivity index (χ4n) is 6.77. The number of nitrogens with one attached hydrogen (secondary N) is 3. The molecule has 10 rings (SSSR count). The number of fused-ring (bicyclic) bond motifs is 2. The van der Waals surface area contributed by atoms with Crippen molar-refractivity contribution >= 4 is 44.8 Å². The minimum atomic E-state index is -0.906. The van der Waals surface area contributed by atoms with Gasteiger partial charge in [-0.1, -0.05) is 68.1 Å². The molecule has 2 fully saturated rings. The van der Waals surface area contributed by atoms with Crippen molar-refractivity contribution < 1.29 is 14.7 Å². The van der Waals surface area contributed by atoms with E-state index < -0.39 is 5.97 Å². The number of carboxylic acid groups (broad SMARTS) is 1. The molecule has 60 heavy (non-hydrogen) atoms. The van der Waals surface area contributed by atoms with Crippen molar-refractivity contribution in [3.63, 3.8) is 0 Å². The van der Waals surface area contributed by atoms with E-state index in [1.807, 2.05) is 91.0 Å². The van der Waals surface area contributed by atoms with Crippen molar-refractivity contribution in [1.29, 1.82) is 0 Å². The molecule has 4 aromatic carbocycles. The van der Waals surface area contributed by atoms with Crippen LogP contribution in [0.15, 0.2) is 119 Å². The summed E-state index contributed by atoms with van der Waals surface area (Å²) in [5.41, 5.74) is 12.6. The number of H-pyrrole nitrogens is 2. The number of anilines is 2. The molecule has 0 aliphatic heterocycles. The third kappa shape index (κ3) is 8.74. The van der Waals surface area contributed by atoms with Crippen molar-refractivity contribution in [3.8, 4) is 22.5 Å². The van der Waals surface area contributed by atoms with Gasteiger partial charge in [-0.05, 0) is 74.2 Å². The zero-order chi connectivity index (χ0) is 41.2. The van der Waals surface area contributed by atoms with Crippen molar-refractivity contribution in [2.75, 3.05) is 11.1 Å². The summed E-state index contributed by atoms with van der Waals surface area (Å²) in [5, 5.41) is 36.5. The Morgan fingerprint density at radius 3 is 1.50 bits per heavy atom. The van der Waals surface area contributed by atoms with E-state index in [-0.39, 0.29) is 30.1 Å². The fourth-order valence-corrected chi connectivity index (χ4v) is 6.77. The number of carbonyl (C=O) groups excluding carboxylic acids is 1. The largest absolute Gasteiger partial charge is 0.477 e. The van der Waals surface area contributed by atoms with Crippen molar-refractivity contribution in [2.24, 2.45) is 14.1 Å². The minimum Gasteiger partial charge on any atom is -0.477 e. The summed E-state index contributed by atoms with van der Waals surface area (Å²) in [6.07, 6.45) is 4.59. The van der Waals surface area contributed by atoms with Crippen LogP contribution < -0.4 is 22.2 Å². The Morgan fingerprint density at radius 2 is 1.07 bits per heavy atom. The van der Waals surface area contributed by atoms with Gasteiger partial charge in [-0.25, -0.2) is 15.0 Å². The van der Waals surface area contributed by atoms with E-state index >= 15 is 0 Å². The molecule has 4 heterocycles. The third-order valence-corrected chi connectivity index (χ3v) is 10.2. The van der Waals surface area contributed by atoms with Gasteiger partial charge in [0.05, 0.1) is 33.5 Å². The first-order chi connectivity index (χ1) is 28.5. The smallest absolute Gasteiger partial charge is 0.354 e. The molecule has 0 radical (unpaired) electrons. The number of hydrogen-bond acceptors (Lipinski definition) is 9. The maximum absolute atomic E-state index is 12.6. The van der Waals surface area contributed by atoms with Crippen LogP contribution in [0.5, 0.6) is 0 Å². The van der Waals surface area contributed by atoms with E-state index in [1.165, 1.54) is 4.68 Å². The molecule has 2 saturated carbocycles. The van der Waals surface area contributed by atoms with Crippen LogP contribution in [0.2, 0.25) is 0 Å². The van der Waals surface area contributed by atoms with E-state index in [0.717, 1.165) is 64.7 Å². The topological polar surface area (TPSA) is 220 Å². The number of aromatic carboxylic acids is 1. The van der Waals surface area contributed by atoms with Gasteiger partial charge in [-0.15, -0.1) is 0 Å². The number of nitrogen functional groups attached to an aromatic ring is 1. The first-order valence-corrected chi connectivity index (χ1v) is 19.1. The molecular weight excluding hydrogens is 761 g/mol. The van der Waals surface area contributed by atoms with Gasteiger partial charge in [-0.2, -0.15) is 20.4 Å². The summed E-state index contributed by atoms with van der Waals surface area (Å²) in [6, 6.07) is 33.1. The maximum Gasteiger partial charge on any atom is 0.354 e. The number of carboxylic acids is 1. The average molecular weight is 805 g/mol. The molecule has 8 aromatic rings. The predicted octanol–water partition coefficient (Wildman–Crippen LogP) is 7.26. The van der Waals surface area contributed by atoms with Crippen LogP contribution in [0.3, 0.4) is 0 Å². The number of hydrogen-bond donors (Lipinski definition) is 5. The second-order valence-electron chi connectivity index (χ2n) is 14.6. The Balaban J connectivity index is 0.000000149. The molecule has 1 amide bonds. The normalized spacial score (nSPS) is 13.0. The molecule has 6 N–H and O–H groups in total. The highest BCUT2D eigenvalue weighted by Crippen LogP contribution is 2.40. The molecule has 2 aliphatic carbocycles. The van der Waals surface area contributed by atoms with Gasteiger partial charge in [-0.3, -0.25) is 23.7 Å². The van der Waals surface area contributed by atoms with Gasteiger partial charge in [0.15, 0.2) is 0 Å². The number of aromatic amines is 2. The van der Waals surface area contributed by atoms with E-state index in [1.54, 1.807) is 37.0 Å². The van der Waals surface area contributed by atoms with E-state index in [4.69, 9.17) is 10.8 Å². The number of nitrogens with zero attached hydrogens (tertiary/aromatic N) is 6. The van der Waals surface area contributed by atoms with Crippen LogP contribution in [0, 0.1) is 0 Å². The van der Waals surface area contributed by atoms with Crippen LogP contribution in [-0.2, 0) is 14.1 Å². The van der Waals surface area contributed by atoms with Gasteiger partial charge in [0.2, 0.25) is 0 Å². The molecule has 0 unspecified atom stereocenters. The highest BCUT2D eigenvalue weighted by molar-refractivity contribution is 6.03. The van der Waals surface area contributed by atoms with E-state index in [2.05, 4.69) is 35.9 Å². The lowest BCUT2D eigenvalue weighted by molar-refractivity contribution is 0.0684. The van der Waals surface area contributed by atoms with Gasteiger partial charge in [0, 0.05) is 59.2 Å². The third-order valence-electron chi connectivity index (χ3n) is 10.2. The predicted molar refractivity (Wildman–Crippen MR) is 232 cm³/mol. The molecule has 304 valence electrons. The average Bonchev–Trinajstić information content (AvgIpc) is 4.19. The van der Waals surface area contributed by atoms with E-state index in [9.17, 15) is 19.2 Å². The Hall–Kier alpha value is -7.68. The molecule has 0 spiro atoms. The quantitative estimate of drug-likeness (QED) is 0.102. The minimum absolute atomic E-state index is 0. The molecule has 0 saturated heterocycles. The lowest BCUT2D eigenvalue weighted by Gasteiger charge is -2.08. The number of aryl methyl sites for hydroxylation is 2. The van der Waals surface area contributed by atoms with Crippen LogP contribution >= 0.6 is 0 Å². The van der Waals surface area contributed by atoms with Crippen molar-refractivity contribution in [2.45, 2.75) is 44.9 Å². The fraction of sp³-hybridized carbons (Fsp3) is 0.200. The number of carbonyl (C=O) groups is 2. The Bertz CT molecular complexity index is 2960. The summed E-state index contributed by atoms with van der Waals surface area (Å²) in [7, 11) is 3.45. The maximum atomic E-state index is 12.6. The molecule has 15 heteroatoms. The number of rotatable bonds is 7. The van der Waals surface area contributed by atoms with Gasteiger partial charge < -0.3 is 16.2 Å².